The normalized spacial score (nSPS) is 29.7. The molecular weight excluding hydrogens is 340 g/mol. The lowest BCUT2D eigenvalue weighted by Gasteiger charge is -2.26. The summed E-state index contributed by atoms with van der Waals surface area (Å²) in [5.74, 6) is 1.29. The summed E-state index contributed by atoms with van der Waals surface area (Å²) in [4.78, 5) is 12.7. The average Bonchev–Trinajstić information content (AvgIpc) is 3.25. The lowest BCUT2D eigenvalue weighted by atomic mass is 9.95. The number of morpholine rings is 1. The van der Waals surface area contributed by atoms with Crippen LogP contribution in [0.3, 0.4) is 0 Å². The average molecular weight is 364 g/mol. The highest BCUT2D eigenvalue weighted by Crippen LogP contribution is 2.44. The fourth-order valence-corrected chi connectivity index (χ4v) is 5.80. The summed E-state index contributed by atoms with van der Waals surface area (Å²) in [6.07, 6.45) is 4.83. The number of benzene rings is 1. The molecule has 0 aromatic heterocycles. The molecule has 1 heterocycles. The lowest BCUT2D eigenvalue weighted by molar-refractivity contribution is 0.0730. The number of fused-ring (bicyclic) bond motifs is 2. The van der Waals surface area contributed by atoms with Crippen LogP contribution in [0, 0.1) is 11.8 Å². The predicted molar refractivity (Wildman–Crippen MR) is 92.7 cm³/mol. The number of ether oxygens (including phenoxy) is 1. The van der Waals surface area contributed by atoms with E-state index in [-0.39, 0.29) is 16.8 Å². The maximum Gasteiger partial charge on any atom is 0.251 e. The molecule has 1 amide bonds. The fourth-order valence-electron chi connectivity index (χ4n) is 4.39. The van der Waals surface area contributed by atoms with E-state index in [1.54, 1.807) is 12.1 Å². The van der Waals surface area contributed by atoms with Crippen molar-refractivity contribution in [2.75, 3.05) is 26.3 Å². The Bertz CT molecular complexity index is 741. The summed E-state index contributed by atoms with van der Waals surface area (Å²) < 4.78 is 31.8. The molecule has 136 valence electrons. The van der Waals surface area contributed by atoms with Gasteiger partial charge in [0, 0.05) is 24.7 Å². The Morgan fingerprint density at radius 3 is 2.40 bits per heavy atom. The highest BCUT2D eigenvalue weighted by Gasteiger charge is 2.40. The number of amides is 1. The van der Waals surface area contributed by atoms with Gasteiger partial charge in [0.15, 0.2) is 0 Å². The molecule has 1 aromatic carbocycles. The van der Waals surface area contributed by atoms with Gasteiger partial charge in [0.1, 0.15) is 0 Å². The number of nitrogens with one attached hydrogen (secondary N) is 1. The van der Waals surface area contributed by atoms with Gasteiger partial charge < -0.3 is 10.1 Å². The van der Waals surface area contributed by atoms with Crippen LogP contribution in [-0.2, 0) is 14.8 Å². The van der Waals surface area contributed by atoms with Crippen molar-refractivity contribution in [2.24, 2.45) is 11.8 Å². The van der Waals surface area contributed by atoms with Crippen molar-refractivity contribution in [3.05, 3.63) is 29.8 Å². The zero-order valence-corrected chi connectivity index (χ0v) is 15.0. The zero-order chi connectivity index (χ0) is 17.4. The Kier molecular flexibility index (Phi) is 4.56. The van der Waals surface area contributed by atoms with Gasteiger partial charge in [-0.05, 0) is 55.4 Å². The van der Waals surface area contributed by atoms with Crippen LogP contribution < -0.4 is 5.32 Å². The molecule has 3 fully saturated rings. The molecule has 4 rings (SSSR count). The van der Waals surface area contributed by atoms with Gasteiger partial charge >= 0.3 is 0 Å². The van der Waals surface area contributed by atoms with E-state index in [0.717, 1.165) is 12.3 Å². The first-order chi connectivity index (χ1) is 12.0. The van der Waals surface area contributed by atoms with Crippen molar-refractivity contribution >= 4 is 15.9 Å². The molecule has 2 bridgehead atoms. The topological polar surface area (TPSA) is 75.7 Å². The number of hydrogen-bond donors (Lipinski definition) is 1. The van der Waals surface area contributed by atoms with Crippen molar-refractivity contribution in [3.8, 4) is 0 Å². The van der Waals surface area contributed by atoms with Crippen LogP contribution in [0.4, 0.5) is 0 Å². The van der Waals surface area contributed by atoms with Gasteiger partial charge in [-0.1, -0.05) is 6.42 Å². The van der Waals surface area contributed by atoms with Gasteiger partial charge in [-0.25, -0.2) is 8.42 Å². The first-order valence-corrected chi connectivity index (χ1v) is 10.5. The van der Waals surface area contributed by atoms with Gasteiger partial charge in [0.05, 0.1) is 18.1 Å². The standard InChI is InChI=1S/C18H24N2O4S/c21-18(19-17-12-13-1-2-15(17)11-13)14-3-5-16(6-4-14)25(22,23)20-7-9-24-10-8-20/h3-6,13,15,17H,1-2,7-12H2,(H,19,21)/t13-,15+,17+/m0/s1. The smallest absolute Gasteiger partial charge is 0.251 e. The monoisotopic (exact) mass is 364 g/mol. The van der Waals surface area contributed by atoms with Gasteiger partial charge in [0.25, 0.3) is 5.91 Å². The van der Waals surface area contributed by atoms with E-state index in [4.69, 9.17) is 4.74 Å². The highest BCUT2D eigenvalue weighted by molar-refractivity contribution is 7.89. The SMILES string of the molecule is O=C(N[C@@H]1C[C@H]2CC[C@@H]1C2)c1ccc(S(=O)(=O)N2CCOCC2)cc1. The van der Waals surface area contributed by atoms with E-state index in [1.807, 2.05) is 0 Å². The summed E-state index contributed by atoms with van der Waals surface area (Å²) in [6.45, 7) is 1.58. The zero-order valence-electron chi connectivity index (χ0n) is 14.2. The van der Waals surface area contributed by atoms with Crippen LogP contribution in [-0.4, -0.2) is 51.0 Å². The van der Waals surface area contributed by atoms with Crippen molar-refractivity contribution in [3.63, 3.8) is 0 Å². The molecule has 0 unspecified atom stereocenters. The number of carbonyl (C=O) groups excluding carboxylic acids is 1. The fraction of sp³-hybridized carbons (Fsp3) is 0.611. The van der Waals surface area contributed by atoms with Crippen molar-refractivity contribution in [2.45, 2.75) is 36.6 Å². The van der Waals surface area contributed by atoms with E-state index in [2.05, 4.69) is 5.32 Å². The molecule has 1 saturated heterocycles. The number of rotatable bonds is 4. The molecule has 7 heteroatoms. The summed E-state index contributed by atoms with van der Waals surface area (Å²) in [7, 11) is -3.51. The van der Waals surface area contributed by atoms with E-state index in [1.165, 1.54) is 35.7 Å². The van der Waals surface area contributed by atoms with E-state index in [9.17, 15) is 13.2 Å². The van der Waals surface area contributed by atoms with Gasteiger partial charge in [-0.2, -0.15) is 4.31 Å². The number of sulfonamides is 1. The van der Waals surface area contributed by atoms with Crippen LogP contribution in [0.15, 0.2) is 29.2 Å². The first kappa shape index (κ1) is 17.0. The van der Waals surface area contributed by atoms with Crippen LogP contribution in [0.25, 0.3) is 0 Å². The van der Waals surface area contributed by atoms with Crippen LogP contribution in [0.1, 0.15) is 36.0 Å². The molecule has 1 aromatic rings. The molecule has 1 N–H and O–H groups in total. The molecule has 0 radical (unpaired) electrons. The Labute approximate surface area is 148 Å². The molecule has 6 nitrogen and oxygen atoms in total. The predicted octanol–water partition coefficient (Wildman–Crippen LogP) is 1.63. The van der Waals surface area contributed by atoms with Gasteiger partial charge in [0.2, 0.25) is 10.0 Å². The molecular formula is C18H24N2O4S. The second-order valence-corrected chi connectivity index (χ2v) is 9.23. The summed E-state index contributed by atoms with van der Waals surface area (Å²) in [5.41, 5.74) is 0.517. The number of nitrogens with zero attached hydrogens (tertiary/aromatic N) is 1. The highest BCUT2D eigenvalue weighted by atomic mass is 32.2. The summed E-state index contributed by atoms with van der Waals surface area (Å²) in [6, 6.07) is 6.55. The molecule has 1 aliphatic heterocycles. The van der Waals surface area contributed by atoms with Crippen LogP contribution in [0.2, 0.25) is 0 Å². The minimum absolute atomic E-state index is 0.104. The number of carbonyl (C=O) groups is 1. The molecule has 3 atom stereocenters. The Morgan fingerprint density at radius 1 is 1.08 bits per heavy atom. The van der Waals surface area contributed by atoms with E-state index < -0.39 is 10.0 Å². The van der Waals surface area contributed by atoms with E-state index in [0.29, 0.717) is 37.8 Å². The van der Waals surface area contributed by atoms with Crippen molar-refractivity contribution in [1.82, 2.24) is 9.62 Å². The molecule has 2 saturated carbocycles. The second-order valence-electron chi connectivity index (χ2n) is 7.30. The Morgan fingerprint density at radius 2 is 1.80 bits per heavy atom. The third kappa shape index (κ3) is 3.32. The maximum absolute atomic E-state index is 12.6. The minimum atomic E-state index is -3.51. The van der Waals surface area contributed by atoms with Crippen molar-refractivity contribution < 1.29 is 17.9 Å². The summed E-state index contributed by atoms with van der Waals surface area (Å²) in [5, 5.41) is 3.13. The van der Waals surface area contributed by atoms with Gasteiger partial charge in [-0.15, -0.1) is 0 Å². The molecule has 2 aliphatic carbocycles. The summed E-state index contributed by atoms with van der Waals surface area (Å²) >= 11 is 0. The Balaban J connectivity index is 1.43. The molecule has 0 spiro atoms. The second kappa shape index (κ2) is 6.70. The Hall–Kier alpha value is -1.44. The third-order valence-corrected chi connectivity index (χ3v) is 7.69. The third-order valence-electron chi connectivity index (χ3n) is 5.78. The van der Waals surface area contributed by atoms with Crippen LogP contribution >= 0.6 is 0 Å². The quantitative estimate of drug-likeness (QED) is 0.881. The number of hydrogen-bond acceptors (Lipinski definition) is 4. The largest absolute Gasteiger partial charge is 0.379 e. The minimum Gasteiger partial charge on any atom is -0.379 e. The van der Waals surface area contributed by atoms with Gasteiger partial charge in [-0.3, -0.25) is 4.79 Å². The lowest BCUT2D eigenvalue weighted by Crippen LogP contribution is -2.40. The first-order valence-electron chi connectivity index (χ1n) is 9.03. The molecule has 25 heavy (non-hydrogen) atoms. The van der Waals surface area contributed by atoms with Crippen LogP contribution in [0.5, 0.6) is 0 Å². The molecule has 3 aliphatic rings. The van der Waals surface area contributed by atoms with Crippen molar-refractivity contribution in [1.29, 1.82) is 0 Å². The maximum atomic E-state index is 12.6. The van der Waals surface area contributed by atoms with E-state index >= 15 is 0 Å².